The molecular formula is C16H15F3IN3O2. The zero-order valence-corrected chi connectivity index (χ0v) is 15.6. The van der Waals surface area contributed by atoms with E-state index in [0.29, 0.717) is 21.5 Å². The molecule has 25 heavy (non-hydrogen) atoms. The van der Waals surface area contributed by atoms with Crippen molar-refractivity contribution in [2.45, 2.75) is 25.7 Å². The molecule has 5 nitrogen and oxygen atoms in total. The maximum atomic E-state index is 13.1. The first-order valence-electron chi connectivity index (χ1n) is 7.48. The maximum Gasteiger partial charge on any atom is 0.416 e. The van der Waals surface area contributed by atoms with Crippen LogP contribution in [0.2, 0.25) is 0 Å². The highest BCUT2D eigenvalue weighted by Crippen LogP contribution is 2.36. The van der Waals surface area contributed by atoms with Crippen molar-refractivity contribution >= 4 is 34.2 Å². The van der Waals surface area contributed by atoms with Crippen molar-refractivity contribution in [1.82, 2.24) is 9.78 Å². The average Bonchev–Trinajstić information content (AvgIpc) is 2.93. The monoisotopic (exact) mass is 465 g/mol. The van der Waals surface area contributed by atoms with Crippen LogP contribution in [0.3, 0.4) is 0 Å². The first-order valence-corrected chi connectivity index (χ1v) is 8.56. The van der Waals surface area contributed by atoms with Crippen molar-refractivity contribution < 1.29 is 22.7 Å². The first-order chi connectivity index (χ1) is 11.7. The fourth-order valence-electron chi connectivity index (χ4n) is 2.95. The third kappa shape index (κ3) is 3.26. The molecule has 134 valence electrons. The summed E-state index contributed by atoms with van der Waals surface area (Å²) in [6.07, 6.45) is -2.86. The number of ether oxygens (including phenoxy) is 1. The number of alkyl halides is 3. The number of hydrogen-bond acceptors (Lipinski definition) is 3. The zero-order valence-electron chi connectivity index (χ0n) is 13.5. The van der Waals surface area contributed by atoms with Crippen LogP contribution in [0.5, 0.6) is 0 Å². The number of nitrogens with zero attached hydrogens (tertiary/aromatic N) is 3. The van der Waals surface area contributed by atoms with E-state index >= 15 is 0 Å². The molecule has 1 aromatic heterocycles. The van der Waals surface area contributed by atoms with Crippen LogP contribution in [0.4, 0.5) is 18.9 Å². The Labute approximate surface area is 155 Å². The predicted octanol–water partition coefficient (Wildman–Crippen LogP) is 3.87. The molecule has 0 saturated carbocycles. The molecule has 1 aliphatic rings. The maximum absolute atomic E-state index is 13.1. The second-order valence-corrected chi connectivity index (χ2v) is 6.98. The van der Waals surface area contributed by atoms with Crippen molar-refractivity contribution in [3.8, 4) is 0 Å². The van der Waals surface area contributed by atoms with Crippen LogP contribution in [0.25, 0.3) is 0 Å². The number of aromatic nitrogens is 2. The van der Waals surface area contributed by atoms with E-state index in [1.54, 1.807) is 10.9 Å². The predicted molar refractivity (Wildman–Crippen MR) is 93.5 cm³/mol. The SMILES string of the molecule is COCc1cc(N2C[C@H](C)n3ncc(I)c3C2=O)ccc1C(F)(F)F. The first kappa shape index (κ1) is 18.2. The summed E-state index contributed by atoms with van der Waals surface area (Å²) in [6, 6.07) is 3.62. The minimum absolute atomic E-state index is 0.00160. The van der Waals surface area contributed by atoms with Gasteiger partial charge in [-0.3, -0.25) is 9.48 Å². The minimum atomic E-state index is -4.47. The van der Waals surface area contributed by atoms with Gasteiger partial charge in [0.2, 0.25) is 0 Å². The molecule has 1 aliphatic heterocycles. The quantitative estimate of drug-likeness (QED) is 0.647. The second-order valence-electron chi connectivity index (χ2n) is 5.82. The number of halogens is 4. The lowest BCUT2D eigenvalue weighted by atomic mass is 10.0. The van der Waals surface area contributed by atoms with Gasteiger partial charge in [-0.25, -0.2) is 0 Å². The topological polar surface area (TPSA) is 47.4 Å². The Morgan fingerprint density at radius 1 is 1.40 bits per heavy atom. The molecule has 0 bridgehead atoms. The summed E-state index contributed by atoms with van der Waals surface area (Å²) >= 11 is 2.03. The highest BCUT2D eigenvalue weighted by atomic mass is 127. The number of methoxy groups -OCH3 is 1. The van der Waals surface area contributed by atoms with Crippen LogP contribution in [0.15, 0.2) is 24.4 Å². The Kier molecular flexibility index (Phi) is 4.80. The number of amides is 1. The van der Waals surface area contributed by atoms with Gasteiger partial charge in [0.15, 0.2) is 0 Å². The summed E-state index contributed by atoms with van der Waals surface area (Å²) < 4.78 is 46.7. The lowest BCUT2D eigenvalue weighted by Crippen LogP contribution is -2.43. The van der Waals surface area contributed by atoms with E-state index in [1.165, 1.54) is 24.1 Å². The summed E-state index contributed by atoms with van der Waals surface area (Å²) in [5.74, 6) is -0.275. The highest BCUT2D eigenvalue weighted by Gasteiger charge is 2.36. The molecule has 1 atom stereocenters. The number of rotatable bonds is 3. The van der Waals surface area contributed by atoms with Gasteiger partial charge in [0.05, 0.1) is 28.0 Å². The van der Waals surface area contributed by atoms with E-state index in [-0.39, 0.29) is 24.1 Å². The van der Waals surface area contributed by atoms with Gasteiger partial charge in [0.25, 0.3) is 5.91 Å². The van der Waals surface area contributed by atoms with Gasteiger partial charge in [0, 0.05) is 19.3 Å². The Hall–Kier alpha value is -1.62. The molecule has 1 aromatic carbocycles. The van der Waals surface area contributed by atoms with Gasteiger partial charge in [0.1, 0.15) is 5.69 Å². The summed E-state index contributed by atoms with van der Waals surface area (Å²) in [4.78, 5) is 14.3. The number of benzene rings is 1. The molecule has 0 spiro atoms. The number of carbonyl (C=O) groups excluding carboxylic acids is 1. The van der Waals surface area contributed by atoms with Crippen LogP contribution in [-0.2, 0) is 17.5 Å². The van der Waals surface area contributed by atoms with Gasteiger partial charge >= 0.3 is 6.18 Å². The van der Waals surface area contributed by atoms with E-state index in [9.17, 15) is 18.0 Å². The fraction of sp³-hybridized carbons (Fsp3) is 0.375. The van der Waals surface area contributed by atoms with E-state index in [0.717, 1.165) is 6.07 Å². The number of carbonyl (C=O) groups is 1. The lowest BCUT2D eigenvalue weighted by molar-refractivity contribution is -0.138. The summed E-state index contributed by atoms with van der Waals surface area (Å²) in [6.45, 7) is 2.06. The molecule has 0 fully saturated rings. The van der Waals surface area contributed by atoms with Crippen LogP contribution in [0, 0.1) is 3.57 Å². The van der Waals surface area contributed by atoms with Crippen molar-refractivity contribution in [2.75, 3.05) is 18.6 Å². The zero-order chi connectivity index (χ0) is 18.4. The van der Waals surface area contributed by atoms with Gasteiger partial charge < -0.3 is 9.64 Å². The molecular weight excluding hydrogens is 450 g/mol. The van der Waals surface area contributed by atoms with Gasteiger partial charge in [-0.05, 0) is 53.3 Å². The Morgan fingerprint density at radius 3 is 2.76 bits per heavy atom. The molecule has 3 rings (SSSR count). The second kappa shape index (κ2) is 6.60. The largest absolute Gasteiger partial charge is 0.416 e. The Morgan fingerprint density at radius 2 is 2.12 bits per heavy atom. The average molecular weight is 465 g/mol. The molecule has 0 aliphatic carbocycles. The number of fused-ring (bicyclic) bond motifs is 1. The lowest BCUT2D eigenvalue weighted by Gasteiger charge is -2.32. The van der Waals surface area contributed by atoms with Crippen LogP contribution in [0.1, 0.15) is 34.6 Å². The summed E-state index contributed by atoms with van der Waals surface area (Å²) in [7, 11) is 1.34. The van der Waals surface area contributed by atoms with Crippen molar-refractivity contribution in [3.63, 3.8) is 0 Å². The van der Waals surface area contributed by atoms with Gasteiger partial charge in [-0.1, -0.05) is 0 Å². The van der Waals surface area contributed by atoms with E-state index in [4.69, 9.17) is 4.74 Å². The molecule has 1 amide bonds. The molecule has 0 radical (unpaired) electrons. The van der Waals surface area contributed by atoms with Crippen molar-refractivity contribution in [1.29, 1.82) is 0 Å². The van der Waals surface area contributed by atoms with Crippen LogP contribution in [-0.4, -0.2) is 29.3 Å². The summed E-state index contributed by atoms with van der Waals surface area (Å²) in [5.41, 5.74) is 0.115. The van der Waals surface area contributed by atoms with Crippen molar-refractivity contribution in [3.05, 3.63) is 44.8 Å². The molecule has 9 heteroatoms. The standard InChI is InChI=1S/C16H15F3IN3O2/c1-9-7-22(15(24)14-13(20)6-21-23(9)14)11-3-4-12(16(17,18)19)10(5-11)8-25-2/h3-6,9H,7-8H2,1-2H3/t9-/m0/s1. The van der Waals surface area contributed by atoms with E-state index < -0.39 is 11.7 Å². The van der Waals surface area contributed by atoms with E-state index in [1.807, 2.05) is 29.5 Å². The Balaban J connectivity index is 2.04. The molecule has 2 heterocycles. The van der Waals surface area contributed by atoms with Crippen LogP contribution >= 0.6 is 22.6 Å². The third-order valence-electron chi connectivity index (χ3n) is 4.07. The molecule has 0 N–H and O–H groups in total. The minimum Gasteiger partial charge on any atom is -0.380 e. The normalized spacial score (nSPS) is 17.8. The van der Waals surface area contributed by atoms with Gasteiger partial charge in [-0.15, -0.1) is 0 Å². The van der Waals surface area contributed by atoms with E-state index in [2.05, 4.69) is 5.10 Å². The smallest absolute Gasteiger partial charge is 0.380 e. The fourth-order valence-corrected chi connectivity index (χ4v) is 3.55. The Bertz CT molecular complexity index is 819. The van der Waals surface area contributed by atoms with Crippen molar-refractivity contribution in [2.24, 2.45) is 0 Å². The number of hydrogen-bond donors (Lipinski definition) is 0. The molecule has 0 saturated heterocycles. The third-order valence-corrected chi connectivity index (χ3v) is 4.86. The molecule has 2 aromatic rings. The van der Waals surface area contributed by atoms with Crippen LogP contribution < -0.4 is 4.90 Å². The highest BCUT2D eigenvalue weighted by molar-refractivity contribution is 14.1. The number of anilines is 1. The van der Waals surface area contributed by atoms with Gasteiger partial charge in [-0.2, -0.15) is 18.3 Å². The summed E-state index contributed by atoms with van der Waals surface area (Å²) in [5, 5.41) is 4.20. The molecule has 0 unspecified atom stereocenters.